The number of carbonyl (C=O) groups excluding carboxylic acids is 1. The summed E-state index contributed by atoms with van der Waals surface area (Å²) in [6.45, 7) is 1.91. The van der Waals surface area contributed by atoms with E-state index in [0.717, 1.165) is 6.42 Å². The van der Waals surface area contributed by atoms with Gasteiger partial charge in [-0.25, -0.2) is 4.39 Å². The van der Waals surface area contributed by atoms with Crippen LogP contribution in [0.1, 0.15) is 35.7 Å². The van der Waals surface area contributed by atoms with Crippen LogP contribution in [0.15, 0.2) is 36.4 Å². The standard InChI is InChI=1S/C17H17ClFNO2/c1-2-4-16(21)11-7-8-17(15(20)9-11)22-10-12-13(18)5-3-6-14(12)19/h3,5-9H,2,4,10,20H2,1H3. The maximum absolute atomic E-state index is 13.7. The molecule has 0 aromatic heterocycles. The van der Waals surface area contributed by atoms with Gasteiger partial charge in [0.1, 0.15) is 18.2 Å². The second-order valence-electron chi connectivity index (χ2n) is 4.91. The molecule has 0 heterocycles. The van der Waals surface area contributed by atoms with Crippen molar-refractivity contribution in [2.45, 2.75) is 26.4 Å². The molecule has 22 heavy (non-hydrogen) atoms. The van der Waals surface area contributed by atoms with E-state index < -0.39 is 5.82 Å². The Morgan fingerprint density at radius 3 is 2.73 bits per heavy atom. The number of carbonyl (C=O) groups is 1. The number of halogens is 2. The molecule has 2 N–H and O–H groups in total. The van der Waals surface area contributed by atoms with Crippen LogP contribution in [0, 0.1) is 5.82 Å². The first-order chi connectivity index (χ1) is 10.5. The number of hydrogen-bond acceptors (Lipinski definition) is 3. The molecule has 0 aliphatic carbocycles. The number of ether oxygens (including phenoxy) is 1. The van der Waals surface area contributed by atoms with Crippen molar-refractivity contribution < 1.29 is 13.9 Å². The normalized spacial score (nSPS) is 10.5. The van der Waals surface area contributed by atoms with E-state index in [4.69, 9.17) is 22.1 Å². The van der Waals surface area contributed by atoms with Gasteiger partial charge in [0, 0.05) is 17.5 Å². The summed E-state index contributed by atoms with van der Waals surface area (Å²) in [5.74, 6) is 0.00563. The zero-order valence-corrected chi connectivity index (χ0v) is 13.0. The van der Waals surface area contributed by atoms with E-state index in [1.807, 2.05) is 6.92 Å². The fourth-order valence-electron chi connectivity index (χ4n) is 2.04. The quantitative estimate of drug-likeness (QED) is 0.623. The van der Waals surface area contributed by atoms with E-state index in [1.165, 1.54) is 12.1 Å². The fraction of sp³-hybridized carbons (Fsp3) is 0.235. The molecular weight excluding hydrogens is 305 g/mol. The molecule has 0 aliphatic heterocycles. The lowest BCUT2D eigenvalue weighted by molar-refractivity contribution is 0.0981. The minimum Gasteiger partial charge on any atom is -0.487 e. The lowest BCUT2D eigenvalue weighted by Crippen LogP contribution is -2.04. The molecule has 0 spiro atoms. The highest BCUT2D eigenvalue weighted by Gasteiger charge is 2.11. The Morgan fingerprint density at radius 1 is 1.32 bits per heavy atom. The molecule has 2 rings (SSSR count). The van der Waals surface area contributed by atoms with E-state index in [0.29, 0.717) is 28.4 Å². The van der Waals surface area contributed by atoms with Gasteiger partial charge in [-0.15, -0.1) is 0 Å². The van der Waals surface area contributed by atoms with E-state index in [1.54, 1.807) is 24.3 Å². The van der Waals surface area contributed by atoms with Crippen molar-refractivity contribution in [2.75, 3.05) is 5.73 Å². The molecule has 5 heteroatoms. The second-order valence-corrected chi connectivity index (χ2v) is 5.32. The zero-order valence-electron chi connectivity index (χ0n) is 12.2. The van der Waals surface area contributed by atoms with E-state index in [2.05, 4.69) is 0 Å². The summed E-state index contributed by atoms with van der Waals surface area (Å²) in [6, 6.07) is 9.30. The molecule has 0 fully saturated rings. The highest BCUT2D eigenvalue weighted by atomic mass is 35.5. The number of nitrogen functional groups attached to an aromatic ring is 1. The summed E-state index contributed by atoms with van der Waals surface area (Å²) in [6.07, 6.45) is 1.26. The van der Waals surface area contributed by atoms with Gasteiger partial charge in [-0.2, -0.15) is 0 Å². The third kappa shape index (κ3) is 3.77. The minimum absolute atomic E-state index is 0.0298. The summed E-state index contributed by atoms with van der Waals surface area (Å²) in [4.78, 5) is 11.8. The Hall–Kier alpha value is -2.07. The predicted octanol–water partition coefficient (Wildman–Crippen LogP) is 4.62. The van der Waals surface area contributed by atoms with Gasteiger partial charge >= 0.3 is 0 Å². The van der Waals surface area contributed by atoms with Gasteiger partial charge in [0.25, 0.3) is 0 Å². The van der Waals surface area contributed by atoms with Crippen molar-refractivity contribution in [1.82, 2.24) is 0 Å². The molecular formula is C17H17ClFNO2. The lowest BCUT2D eigenvalue weighted by atomic mass is 10.1. The van der Waals surface area contributed by atoms with Crippen LogP contribution in [0.3, 0.4) is 0 Å². The first-order valence-electron chi connectivity index (χ1n) is 7.01. The minimum atomic E-state index is -0.430. The first kappa shape index (κ1) is 16.3. The van der Waals surface area contributed by atoms with Gasteiger partial charge in [0.15, 0.2) is 5.78 Å². The molecule has 116 valence electrons. The van der Waals surface area contributed by atoms with Crippen LogP contribution in [0.25, 0.3) is 0 Å². The highest BCUT2D eigenvalue weighted by molar-refractivity contribution is 6.31. The molecule has 3 nitrogen and oxygen atoms in total. The molecule has 0 unspecified atom stereocenters. The summed E-state index contributed by atoms with van der Waals surface area (Å²) in [5, 5.41) is 0.299. The molecule has 0 aliphatic rings. The molecule has 2 aromatic carbocycles. The van der Waals surface area contributed by atoms with E-state index in [-0.39, 0.29) is 18.0 Å². The SMILES string of the molecule is CCCC(=O)c1ccc(OCc2c(F)cccc2Cl)c(N)c1. The van der Waals surface area contributed by atoms with Crippen LogP contribution < -0.4 is 10.5 Å². The van der Waals surface area contributed by atoms with Gasteiger partial charge in [0.2, 0.25) is 0 Å². The summed E-state index contributed by atoms with van der Waals surface area (Å²) >= 11 is 5.94. The van der Waals surface area contributed by atoms with Crippen LogP contribution in [-0.2, 0) is 6.61 Å². The first-order valence-corrected chi connectivity index (χ1v) is 7.39. The summed E-state index contributed by atoms with van der Waals surface area (Å²) in [5.41, 5.74) is 7.06. The Bertz CT molecular complexity index is 668. The number of ketones is 1. The molecule has 0 atom stereocenters. The Morgan fingerprint density at radius 2 is 2.09 bits per heavy atom. The van der Waals surface area contributed by atoms with Gasteiger partial charge < -0.3 is 10.5 Å². The molecule has 0 saturated carbocycles. The average Bonchev–Trinajstić information content (AvgIpc) is 2.48. The Kier molecular flexibility index (Phi) is 5.39. The molecule has 0 saturated heterocycles. The van der Waals surface area contributed by atoms with Crippen molar-refractivity contribution in [3.8, 4) is 5.75 Å². The Balaban J connectivity index is 2.12. The van der Waals surface area contributed by atoms with Crippen LogP contribution in [0.5, 0.6) is 5.75 Å². The van der Waals surface area contributed by atoms with Crippen LogP contribution in [-0.4, -0.2) is 5.78 Å². The number of benzene rings is 2. The van der Waals surface area contributed by atoms with Crippen LogP contribution in [0.2, 0.25) is 5.02 Å². The smallest absolute Gasteiger partial charge is 0.162 e. The second kappa shape index (κ2) is 7.27. The topological polar surface area (TPSA) is 52.3 Å². The maximum Gasteiger partial charge on any atom is 0.162 e. The highest BCUT2D eigenvalue weighted by Crippen LogP contribution is 2.26. The number of rotatable bonds is 6. The number of hydrogen-bond donors (Lipinski definition) is 1. The van der Waals surface area contributed by atoms with Gasteiger partial charge in [-0.05, 0) is 36.8 Å². The zero-order chi connectivity index (χ0) is 16.1. The molecule has 0 radical (unpaired) electrons. The van der Waals surface area contributed by atoms with Crippen LogP contribution >= 0.6 is 11.6 Å². The van der Waals surface area contributed by atoms with Gasteiger partial charge in [-0.1, -0.05) is 24.6 Å². The Labute approximate surface area is 133 Å². The summed E-state index contributed by atoms with van der Waals surface area (Å²) < 4.78 is 19.2. The predicted molar refractivity (Wildman–Crippen MR) is 85.8 cm³/mol. The average molecular weight is 322 g/mol. The molecule has 0 amide bonds. The summed E-state index contributed by atoms with van der Waals surface area (Å²) in [7, 11) is 0. The number of nitrogens with two attached hydrogens (primary N) is 1. The number of Topliss-reactive ketones (excluding diaryl/α,β-unsaturated/α-hetero) is 1. The van der Waals surface area contributed by atoms with Gasteiger partial charge in [-0.3, -0.25) is 4.79 Å². The van der Waals surface area contributed by atoms with Crippen molar-refractivity contribution in [2.24, 2.45) is 0 Å². The maximum atomic E-state index is 13.7. The third-order valence-corrected chi connectivity index (χ3v) is 3.60. The lowest BCUT2D eigenvalue weighted by Gasteiger charge is -2.11. The fourth-order valence-corrected chi connectivity index (χ4v) is 2.26. The van der Waals surface area contributed by atoms with E-state index in [9.17, 15) is 9.18 Å². The number of anilines is 1. The van der Waals surface area contributed by atoms with E-state index >= 15 is 0 Å². The molecule has 2 aromatic rings. The molecule has 0 bridgehead atoms. The largest absolute Gasteiger partial charge is 0.487 e. The van der Waals surface area contributed by atoms with Gasteiger partial charge in [0.05, 0.1) is 10.7 Å². The van der Waals surface area contributed by atoms with Crippen molar-refractivity contribution >= 4 is 23.1 Å². The monoisotopic (exact) mass is 321 g/mol. The van der Waals surface area contributed by atoms with Crippen molar-refractivity contribution in [3.63, 3.8) is 0 Å². The van der Waals surface area contributed by atoms with Crippen molar-refractivity contribution in [3.05, 3.63) is 58.4 Å². The van der Waals surface area contributed by atoms with Crippen LogP contribution in [0.4, 0.5) is 10.1 Å². The third-order valence-electron chi connectivity index (χ3n) is 3.24. The van der Waals surface area contributed by atoms with Crippen molar-refractivity contribution in [1.29, 1.82) is 0 Å².